The topological polar surface area (TPSA) is 57.7 Å². The Morgan fingerprint density at radius 1 is 1.08 bits per heavy atom. The SMILES string of the molecule is CCN(CC)S(=O)(=O)c1cc(C(=O)N(C)c2ccccc2F)ccc1C. The van der Waals surface area contributed by atoms with Gasteiger partial charge >= 0.3 is 0 Å². The second-order valence-electron chi connectivity index (χ2n) is 5.89. The molecule has 7 heteroatoms. The van der Waals surface area contributed by atoms with Gasteiger partial charge in [-0.1, -0.05) is 32.0 Å². The molecule has 0 unspecified atom stereocenters. The van der Waals surface area contributed by atoms with E-state index in [2.05, 4.69) is 0 Å². The van der Waals surface area contributed by atoms with E-state index in [9.17, 15) is 17.6 Å². The van der Waals surface area contributed by atoms with Crippen molar-refractivity contribution < 1.29 is 17.6 Å². The molecule has 0 aliphatic heterocycles. The summed E-state index contributed by atoms with van der Waals surface area (Å²) in [6.07, 6.45) is 0. The van der Waals surface area contributed by atoms with Gasteiger partial charge in [0.2, 0.25) is 10.0 Å². The van der Waals surface area contributed by atoms with Crippen LogP contribution in [0.25, 0.3) is 0 Å². The van der Waals surface area contributed by atoms with Crippen molar-refractivity contribution in [3.05, 3.63) is 59.4 Å². The average Bonchev–Trinajstić information content (AvgIpc) is 2.62. The Hall–Kier alpha value is -2.25. The molecular formula is C19H23FN2O3S. The second kappa shape index (κ2) is 7.97. The van der Waals surface area contributed by atoms with Gasteiger partial charge in [-0.2, -0.15) is 4.31 Å². The highest BCUT2D eigenvalue weighted by molar-refractivity contribution is 7.89. The van der Waals surface area contributed by atoms with Crippen molar-refractivity contribution in [2.24, 2.45) is 0 Å². The van der Waals surface area contributed by atoms with Crippen LogP contribution in [-0.2, 0) is 10.0 Å². The molecule has 0 aliphatic carbocycles. The third-order valence-electron chi connectivity index (χ3n) is 4.28. The highest BCUT2D eigenvalue weighted by Crippen LogP contribution is 2.24. The van der Waals surface area contributed by atoms with Crippen molar-refractivity contribution in [3.8, 4) is 0 Å². The van der Waals surface area contributed by atoms with Crippen molar-refractivity contribution in [1.29, 1.82) is 0 Å². The third-order valence-corrected chi connectivity index (χ3v) is 6.47. The van der Waals surface area contributed by atoms with Gasteiger partial charge in [0.15, 0.2) is 0 Å². The number of carbonyl (C=O) groups is 1. The standard InChI is InChI=1S/C19H23FN2O3S/c1-5-22(6-2)26(24,25)18-13-15(12-11-14(18)3)19(23)21(4)17-10-8-7-9-16(17)20/h7-13H,5-6H2,1-4H3. The van der Waals surface area contributed by atoms with E-state index in [1.807, 2.05) is 0 Å². The Morgan fingerprint density at radius 3 is 2.27 bits per heavy atom. The lowest BCUT2D eigenvalue weighted by atomic mass is 10.1. The molecule has 0 fully saturated rings. The van der Waals surface area contributed by atoms with Gasteiger partial charge in [0.05, 0.1) is 10.6 Å². The van der Waals surface area contributed by atoms with Crippen LogP contribution >= 0.6 is 0 Å². The molecule has 1 amide bonds. The van der Waals surface area contributed by atoms with Crippen LogP contribution in [-0.4, -0.2) is 38.8 Å². The maximum absolute atomic E-state index is 13.9. The van der Waals surface area contributed by atoms with Gasteiger partial charge in [-0.05, 0) is 36.8 Å². The van der Waals surface area contributed by atoms with E-state index >= 15 is 0 Å². The average molecular weight is 378 g/mol. The maximum Gasteiger partial charge on any atom is 0.258 e. The van der Waals surface area contributed by atoms with Gasteiger partial charge in [0.25, 0.3) is 5.91 Å². The van der Waals surface area contributed by atoms with Crippen LogP contribution in [0.5, 0.6) is 0 Å². The fourth-order valence-electron chi connectivity index (χ4n) is 2.74. The summed E-state index contributed by atoms with van der Waals surface area (Å²) in [6, 6.07) is 10.4. The molecule has 2 rings (SSSR count). The van der Waals surface area contributed by atoms with E-state index in [1.54, 1.807) is 39.0 Å². The van der Waals surface area contributed by atoms with Crippen LogP contribution in [0, 0.1) is 12.7 Å². The Labute approximate surface area is 154 Å². The van der Waals surface area contributed by atoms with Crippen molar-refractivity contribution >= 4 is 21.6 Å². The van der Waals surface area contributed by atoms with Gasteiger partial charge in [-0.25, -0.2) is 12.8 Å². The van der Waals surface area contributed by atoms with Gasteiger partial charge in [-0.15, -0.1) is 0 Å². The molecule has 0 heterocycles. The normalized spacial score (nSPS) is 11.6. The molecule has 26 heavy (non-hydrogen) atoms. The van der Waals surface area contributed by atoms with Crippen molar-refractivity contribution in [2.45, 2.75) is 25.7 Å². The number of benzene rings is 2. The molecule has 0 saturated heterocycles. The summed E-state index contributed by atoms with van der Waals surface area (Å²) in [6.45, 7) is 5.89. The minimum atomic E-state index is -3.70. The zero-order chi connectivity index (χ0) is 19.5. The van der Waals surface area contributed by atoms with Crippen LogP contribution in [0.2, 0.25) is 0 Å². The number of carbonyl (C=O) groups excluding carboxylic acids is 1. The Balaban J connectivity index is 2.47. The molecule has 2 aromatic carbocycles. The molecular weight excluding hydrogens is 355 g/mol. The number of sulfonamides is 1. The maximum atomic E-state index is 13.9. The minimum absolute atomic E-state index is 0.0917. The fourth-order valence-corrected chi connectivity index (χ4v) is 4.45. The molecule has 0 aromatic heterocycles. The van der Waals surface area contributed by atoms with Crippen LogP contribution in [0.4, 0.5) is 10.1 Å². The summed E-state index contributed by atoms with van der Waals surface area (Å²) < 4.78 is 40.9. The Kier molecular flexibility index (Phi) is 6.15. The first-order valence-corrected chi connectivity index (χ1v) is 9.81. The third kappa shape index (κ3) is 3.78. The Morgan fingerprint density at radius 2 is 1.69 bits per heavy atom. The summed E-state index contributed by atoms with van der Waals surface area (Å²) in [7, 11) is -2.24. The van der Waals surface area contributed by atoms with E-state index in [0.717, 1.165) is 0 Å². The minimum Gasteiger partial charge on any atom is -0.309 e. The molecule has 0 spiro atoms. The quantitative estimate of drug-likeness (QED) is 0.774. The first-order chi connectivity index (χ1) is 12.2. The van der Waals surface area contributed by atoms with Gasteiger partial charge in [-0.3, -0.25) is 4.79 Å². The second-order valence-corrected chi connectivity index (χ2v) is 7.79. The number of anilines is 1. The number of aryl methyl sites for hydroxylation is 1. The molecule has 0 saturated carbocycles. The number of halogens is 1. The number of rotatable bonds is 6. The first kappa shape index (κ1) is 20.1. The summed E-state index contributed by atoms with van der Waals surface area (Å²) >= 11 is 0. The van der Waals surface area contributed by atoms with Crippen LogP contribution in [0.15, 0.2) is 47.4 Å². The van der Waals surface area contributed by atoms with E-state index in [-0.39, 0.29) is 16.1 Å². The smallest absolute Gasteiger partial charge is 0.258 e. The predicted molar refractivity (Wildman–Crippen MR) is 100 cm³/mol. The Bertz CT molecular complexity index is 909. The summed E-state index contributed by atoms with van der Waals surface area (Å²) in [5, 5.41) is 0. The van der Waals surface area contributed by atoms with E-state index in [1.165, 1.54) is 40.5 Å². The number of hydrogen-bond acceptors (Lipinski definition) is 3. The molecule has 0 atom stereocenters. The molecule has 0 radical (unpaired) electrons. The summed E-state index contributed by atoms with van der Waals surface area (Å²) in [5.74, 6) is -1.00. The number of hydrogen-bond donors (Lipinski definition) is 0. The number of para-hydroxylation sites is 1. The zero-order valence-electron chi connectivity index (χ0n) is 15.4. The first-order valence-electron chi connectivity index (χ1n) is 8.37. The monoisotopic (exact) mass is 378 g/mol. The zero-order valence-corrected chi connectivity index (χ0v) is 16.2. The van der Waals surface area contributed by atoms with Gasteiger partial charge < -0.3 is 4.90 Å². The molecule has 0 aliphatic rings. The molecule has 5 nitrogen and oxygen atoms in total. The van der Waals surface area contributed by atoms with Crippen molar-refractivity contribution in [1.82, 2.24) is 4.31 Å². The van der Waals surface area contributed by atoms with E-state index in [4.69, 9.17) is 0 Å². The van der Waals surface area contributed by atoms with Crippen molar-refractivity contribution in [3.63, 3.8) is 0 Å². The highest BCUT2D eigenvalue weighted by atomic mass is 32.2. The lowest BCUT2D eigenvalue weighted by Crippen LogP contribution is -2.32. The number of nitrogens with zero attached hydrogens (tertiary/aromatic N) is 2. The van der Waals surface area contributed by atoms with Crippen LogP contribution in [0.1, 0.15) is 29.8 Å². The van der Waals surface area contributed by atoms with Gasteiger partial charge in [0, 0.05) is 25.7 Å². The van der Waals surface area contributed by atoms with E-state index in [0.29, 0.717) is 18.7 Å². The molecule has 0 bridgehead atoms. The van der Waals surface area contributed by atoms with Crippen molar-refractivity contribution in [2.75, 3.05) is 25.0 Å². The molecule has 2 aromatic rings. The summed E-state index contributed by atoms with van der Waals surface area (Å²) in [5.41, 5.74) is 0.875. The number of amides is 1. The largest absolute Gasteiger partial charge is 0.309 e. The predicted octanol–water partition coefficient (Wildman–Crippen LogP) is 3.44. The molecule has 0 N–H and O–H groups in total. The molecule has 140 valence electrons. The summed E-state index contributed by atoms with van der Waals surface area (Å²) in [4.78, 5) is 14.0. The van der Waals surface area contributed by atoms with Crippen LogP contribution in [0.3, 0.4) is 0 Å². The lowest BCUT2D eigenvalue weighted by molar-refractivity contribution is 0.0992. The highest BCUT2D eigenvalue weighted by Gasteiger charge is 2.25. The van der Waals surface area contributed by atoms with Crippen LogP contribution < -0.4 is 4.90 Å². The van der Waals surface area contributed by atoms with E-state index < -0.39 is 21.7 Å². The van der Waals surface area contributed by atoms with Gasteiger partial charge in [0.1, 0.15) is 5.82 Å². The lowest BCUT2D eigenvalue weighted by Gasteiger charge is -2.21. The fraction of sp³-hybridized carbons (Fsp3) is 0.316.